The van der Waals surface area contributed by atoms with Crippen LogP contribution in [0.15, 0.2) is 66.7 Å². The van der Waals surface area contributed by atoms with Crippen molar-refractivity contribution in [2.75, 3.05) is 6.54 Å². The first-order chi connectivity index (χ1) is 10.8. The van der Waals surface area contributed by atoms with Crippen molar-refractivity contribution >= 4 is 12.0 Å². The standard InChI is InChI=1S/C20H21NO/c22-20(14-13-17-7-3-1-4-8-17)21(16-19-11-12-19)15-18-9-5-2-6-10-18/h1-10,13-14,19H,11-12,15-16H2/b14-13+. The first kappa shape index (κ1) is 14.6. The van der Waals surface area contributed by atoms with Crippen LogP contribution in [-0.4, -0.2) is 17.4 Å². The molecule has 0 atom stereocenters. The molecule has 0 saturated heterocycles. The van der Waals surface area contributed by atoms with E-state index in [2.05, 4.69) is 12.1 Å². The fraction of sp³-hybridized carbons (Fsp3) is 0.250. The summed E-state index contributed by atoms with van der Waals surface area (Å²) < 4.78 is 0. The first-order valence-corrected chi connectivity index (χ1v) is 7.87. The molecule has 0 bridgehead atoms. The van der Waals surface area contributed by atoms with Crippen LogP contribution in [0, 0.1) is 5.92 Å². The van der Waals surface area contributed by atoms with E-state index in [0.29, 0.717) is 12.5 Å². The number of nitrogens with zero attached hydrogens (tertiary/aromatic N) is 1. The highest BCUT2D eigenvalue weighted by atomic mass is 16.2. The Bertz CT molecular complexity index is 629. The highest BCUT2D eigenvalue weighted by Crippen LogP contribution is 2.30. The minimum absolute atomic E-state index is 0.0969. The van der Waals surface area contributed by atoms with Crippen molar-refractivity contribution < 1.29 is 4.79 Å². The predicted octanol–water partition coefficient (Wildman–Crippen LogP) is 4.14. The summed E-state index contributed by atoms with van der Waals surface area (Å²) in [4.78, 5) is 14.5. The lowest BCUT2D eigenvalue weighted by molar-refractivity contribution is -0.126. The molecular formula is C20H21NO. The van der Waals surface area contributed by atoms with Gasteiger partial charge in [-0.1, -0.05) is 60.7 Å². The van der Waals surface area contributed by atoms with E-state index in [1.54, 1.807) is 6.08 Å². The van der Waals surface area contributed by atoms with Crippen molar-refractivity contribution in [3.05, 3.63) is 77.9 Å². The van der Waals surface area contributed by atoms with E-state index in [1.807, 2.05) is 59.5 Å². The fourth-order valence-electron chi connectivity index (χ4n) is 2.49. The average molecular weight is 291 g/mol. The van der Waals surface area contributed by atoms with E-state index in [-0.39, 0.29) is 5.91 Å². The zero-order chi connectivity index (χ0) is 15.2. The number of carbonyl (C=O) groups excluding carboxylic acids is 1. The second-order valence-corrected chi connectivity index (χ2v) is 5.89. The Balaban J connectivity index is 1.68. The molecule has 1 aliphatic carbocycles. The van der Waals surface area contributed by atoms with Crippen molar-refractivity contribution in [1.82, 2.24) is 4.90 Å². The van der Waals surface area contributed by atoms with Gasteiger partial charge in [0, 0.05) is 19.2 Å². The van der Waals surface area contributed by atoms with Crippen LogP contribution in [0.5, 0.6) is 0 Å². The molecule has 0 unspecified atom stereocenters. The zero-order valence-electron chi connectivity index (χ0n) is 12.7. The maximum absolute atomic E-state index is 12.5. The summed E-state index contributed by atoms with van der Waals surface area (Å²) in [6.07, 6.45) is 6.09. The summed E-state index contributed by atoms with van der Waals surface area (Å²) in [5, 5.41) is 0. The van der Waals surface area contributed by atoms with Crippen molar-refractivity contribution in [3.63, 3.8) is 0 Å². The van der Waals surface area contributed by atoms with Crippen LogP contribution in [0.2, 0.25) is 0 Å². The molecule has 1 fully saturated rings. The molecule has 2 aromatic rings. The lowest BCUT2D eigenvalue weighted by atomic mass is 10.2. The van der Waals surface area contributed by atoms with Crippen LogP contribution in [0.3, 0.4) is 0 Å². The smallest absolute Gasteiger partial charge is 0.246 e. The average Bonchev–Trinajstić information content (AvgIpc) is 3.38. The van der Waals surface area contributed by atoms with Gasteiger partial charge in [-0.15, -0.1) is 0 Å². The quantitative estimate of drug-likeness (QED) is 0.733. The third kappa shape index (κ3) is 4.32. The third-order valence-corrected chi connectivity index (χ3v) is 3.92. The minimum Gasteiger partial charge on any atom is -0.335 e. The van der Waals surface area contributed by atoms with Gasteiger partial charge in [0.05, 0.1) is 0 Å². The Kier molecular flexibility index (Phi) is 4.69. The Hall–Kier alpha value is -2.35. The maximum atomic E-state index is 12.5. The second kappa shape index (κ2) is 7.08. The molecule has 2 nitrogen and oxygen atoms in total. The van der Waals surface area contributed by atoms with Gasteiger partial charge < -0.3 is 4.90 Å². The zero-order valence-corrected chi connectivity index (χ0v) is 12.7. The van der Waals surface area contributed by atoms with E-state index < -0.39 is 0 Å². The van der Waals surface area contributed by atoms with Crippen molar-refractivity contribution in [2.45, 2.75) is 19.4 Å². The van der Waals surface area contributed by atoms with Gasteiger partial charge in [-0.2, -0.15) is 0 Å². The lowest BCUT2D eigenvalue weighted by Crippen LogP contribution is -2.31. The van der Waals surface area contributed by atoms with Gasteiger partial charge in [0.15, 0.2) is 0 Å². The van der Waals surface area contributed by atoms with Gasteiger partial charge in [-0.3, -0.25) is 4.79 Å². The van der Waals surface area contributed by atoms with E-state index in [0.717, 1.165) is 12.1 Å². The molecular weight excluding hydrogens is 270 g/mol. The summed E-state index contributed by atoms with van der Waals surface area (Å²) in [5.41, 5.74) is 2.24. The molecule has 0 radical (unpaired) electrons. The van der Waals surface area contributed by atoms with Crippen LogP contribution in [0.25, 0.3) is 6.08 Å². The van der Waals surface area contributed by atoms with Crippen LogP contribution in [0.4, 0.5) is 0 Å². The molecule has 22 heavy (non-hydrogen) atoms. The molecule has 1 amide bonds. The Labute approximate surface area is 132 Å². The summed E-state index contributed by atoms with van der Waals surface area (Å²) in [6, 6.07) is 20.2. The monoisotopic (exact) mass is 291 g/mol. The highest BCUT2D eigenvalue weighted by Gasteiger charge is 2.26. The fourth-order valence-corrected chi connectivity index (χ4v) is 2.49. The first-order valence-electron chi connectivity index (χ1n) is 7.87. The van der Waals surface area contributed by atoms with Gasteiger partial charge >= 0.3 is 0 Å². The van der Waals surface area contributed by atoms with E-state index in [9.17, 15) is 4.79 Å². The molecule has 0 spiro atoms. The Morgan fingerprint density at radius 1 is 1.00 bits per heavy atom. The molecule has 0 N–H and O–H groups in total. The van der Waals surface area contributed by atoms with Crippen molar-refractivity contribution in [3.8, 4) is 0 Å². The summed E-state index contributed by atoms with van der Waals surface area (Å²) in [7, 11) is 0. The van der Waals surface area contributed by atoms with Crippen LogP contribution >= 0.6 is 0 Å². The van der Waals surface area contributed by atoms with Crippen molar-refractivity contribution in [2.24, 2.45) is 5.92 Å². The van der Waals surface area contributed by atoms with Gasteiger partial charge in [0.1, 0.15) is 0 Å². The van der Waals surface area contributed by atoms with Crippen LogP contribution in [-0.2, 0) is 11.3 Å². The Morgan fingerprint density at radius 3 is 2.27 bits per heavy atom. The van der Waals surface area contributed by atoms with Crippen molar-refractivity contribution in [1.29, 1.82) is 0 Å². The van der Waals surface area contributed by atoms with Gasteiger partial charge in [-0.25, -0.2) is 0 Å². The van der Waals surface area contributed by atoms with Crippen LogP contribution < -0.4 is 0 Å². The predicted molar refractivity (Wildman–Crippen MR) is 90.1 cm³/mol. The van der Waals surface area contributed by atoms with Crippen LogP contribution in [0.1, 0.15) is 24.0 Å². The highest BCUT2D eigenvalue weighted by molar-refractivity contribution is 5.91. The topological polar surface area (TPSA) is 20.3 Å². The number of hydrogen-bond donors (Lipinski definition) is 0. The summed E-state index contributed by atoms with van der Waals surface area (Å²) in [6.45, 7) is 1.56. The number of rotatable bonds is 6. The minimum atomic E-state index is 0.0969. The molecule has 1 aliphatic rings. The number of benzene rings is 2. The number of hydrogen-bond acceptors (Lipinski definition) is 1. The largest absolute Gasteiger partial charge is 0.335 e. The SMILES string of the molecule is O=C(/C=C/c1ccccc1)N(Cc1ccccc1)CC1CC1. The van der Waals surface area contributed by atoms with Gasteiger partial charge in [0.2, 0.25) is 5.91 Å². The summed E-state index contributed by atoms with van der Waals surface area (Å²) in [5.74, 6) is 0.789. The number of carbonyl (C=O) groups is 1. The second-order valence-electron chi connectivity index (χ2n) is 5.89. The molecule has 0 aromatic heterocycles. The molecule has 112 valence electrons. The normalized spacial score (nSPS) is 14.2. The van der Waals surface area contributed by atoms with Gasteiger partial charge in [0.25, 0.3) is 0 Å². The summed E-state index contributed by atoms with van der Waals surface area (Å²) >= 11 is 0. The molecule has 3 rings (SSSR count). The molecule has 0 heterocycles. The molecule has 1 saturated carbocycles. The van der Waals surface area contributed by atoms with E-state index in [4.69, 9.17) is 0 Å². The molecule has 2 aromatic carbocycles. The third-order valence-electron chi connectivity index (χ3n) is 3.92. The Morgan fingerprint density at radius 2 is 1.64 bits per heavy atom. The number of amides is 1. The molecule has 2 heteroatoms. The van der Waals surface area contributed by atoms with E-state index in [1.165, 1.54) is 18.4 Å². The maximum Gasteiger partial charge on any atom is 0.246 e. The lowest BCUT2D eigenvalue weighted by Gasteiger charge is -2.21. The van der Waals surface area contributed by atoms with Gasteiger partial charge in [-0.05, 0) is 36.0 Å². The van der Waals surface area contributed by atoms with E-state index >= 15 is 0 Å². The molecule has 0 aliphatic heterocycles.